The van der Waals surface area contributed by atoms with Crippen LogP contribution in [0.5, 0.6) is 0 Å². The summed E-state index contributed by atoms with van der Waals surface area (Å²) in [7, 11) is 0. The molecule has 0 rings (SSSR count). The number of rotatable bonds is 4. The minimum Gasteiger partial charge on any atom is -0.392 e. The van der Waals surface area contributed by atoms with Gasteiger partial charge in [-0.05, 0) is 12.0 Å². The van der Waals surface area contributed by atoms with E-state index in [2.05, 4.69) is 10.0 Å². The number of hydrogen-bond donors (Lipinski definition) is 1. The maximum Gasteiger partial charge on any atom is 0.0612 e. The highest BCUT2D eigenvalue weighted by molar-refractivity contribution is 4.81. The topological polar surface area (TPSA) is 69.0 Å². The summed E-state index contributed by atoms with van der Waals surface area (Å²) in [6.45, 7) is 0.517. The van der Waals surface area contributed by atoms with Crippen molar-refractivity contribution in [2.24, 2.45) is 5.11 Å². The predicted molar refractivity (Wildman–Crippen MR) is 34.9 cm³/mol. The van der Waals surface area contributed by atoms with Crippen molar-refractivity contribution in [2.75, 3.05) is 13.2 Å². The molecule has 0 heterocycles. The first-order valence-corrected chi connectivity index (χ1v) is 2.68. The van der Waals surface area contributed by atoms with E-state index in [0.29, 0.717) is 13.0 Å². The van der Waals surface area contributed by atoms with Crippen LogP contribution in [0.2, 0.25) is 0 Å². The van der Waals surface area contributed by atoms with Gasteiger partial charge in [-0.15, -0.1) is 0 Å². The predicted octanol–water partition coefficient (Wildman–Crippen LogP) is 1.24. The Balaban J connectivity index is 3.08. The van der Waals surface area contributed by atoms with Crippen molar-refractivity contribution in [1.29, 1.82) is 0 Å². The van der Waals surface area contributed by atoms with Gasteiger partial charge in [0.1, 0.15) is 0 Å². The van der Waals surface area contributed by atoms with Crippen molar-refractivity contribution in [3.8, 4) is 0 Å². The fraction of sp³-hybridized carbons (Fsp3) is 0.600. The van der Waals surface area contributed by atoms with E-state index in [1.807, 2.05) is 0 Å². The Morgan fingerprint density at radius 3 is 2.89 bits per heavy atom. The molecule has 0 saturated carbocycles. The fourth-order valence-electron chi connectivity index (χ4n) is 0.369. The molecular weight excluding hydrogens is 118 g/mol. The molecule has 0 radical (unpaired) electrons. The number of aliphatic hydroxyl groups is 1. The van der Waals surface area contributed by atoms with Gasteiger partial charge in [0.15, 0.2) is 0 Å². The largest absolute Gasteiger partial charge is 0.392 e. The number of hydrogen-bond acceptors (Lipinski definition) is 2. The molecule has 0 aliphatic heterocycles. The highest BCUT2D eigenvalue weighted by Crippen LogP contribution is 1.83. The standard InChI is InChI=1S/C5H9N3O/c6-8-7-4-2-1-3-5-9/h1,3,9H,2,4-5H2/b3-1+. The third kappa shape index (κ3) is 7.01. The van der Waals surface area contributed by atoms with Gasteiger partial charge in [0.05, 0.1) is 6.61 Å². The van der Waals surface area contributed by atoms with Crippen LogP contribution in [-0.4, -0.2) is 18.3 Å². The van der Waals surface area contributed by atoms with E-state index in [1.54, 1.807) is 12.2 Å². The van der Waals surface area contributed by atoms with Crippen LogP contribution < -0.4 is 0 Å². The lowest BCUT2D eigenvalue weighted by atomic mass is 10.4. The lowest BCUT2D eigenvalue weighted by Gasteiger charge is -1.80. The zero-order chi connectivity index (χ0) is 6.95. The van der Waals surface area contributed by atoms with Crippen molar-refractivity contribution in [2.45, 2.75) is 6.42 Å². The van der Waals surface area contributed by atoms with Crippen molar-refractivity contribution in [1.82, 2.24) is 0 Å². The second-order valence-corrected chi connectivity index (χ2v) is 1.40. The van der Waals surface area contributed by atoms with Gasteiger partial charge in [-0.3, -0.25) is 0 Å². The van der Waals surface area contributed by atoms with Crippen LogP contribution in [0.15, 0.2) is 17.3 Å². The Bertz CT molecular complexity index is 126. The highest BCUT2D eigenvalue weighted by Gasteiger charge is 1.73. The fourth-order valence-corrected chi connectivity index (χ4v) is 0.369. The van der Waals surface area contributed by atoms with Crippen molar-refractivity contribution >= 4 is 0 Å². The summed E-state index contributed by atoms with van der Waals surface area (Å²) in [5.74, 6) is 0. The van der Waals surface area contributed by atoms with E-state index >= 15 is 0 Å². The third-order valence-electron chi connectivity index (χ3n) is 0.731. The molecule has 0 aliphatic carbocycles. The summed E-state index contributed by atoms with van der Waals surface area (Å²) in [4.78, 5) is 2.56. The van der Waals surface area contributed by atoms with E-state index in [0.717, 1.165) is 0 Å². The third-order valence-corrected chi connectivity index (χ3v) is 0.731. The first-order chi connectivity index (χ1) is 4.41. The minimum absolute atomic E-state index is 0.0519. The van der Waals surface area contributed by atoms with Crippen LogP contribution in [0, 0.1) is 0 Å². The second-order valence-electron chi connectivity index (χ2n) is 1.40. The Kier molecular flexibility index (Phi) is 6.24. The average molecular weight is 127 g/mol. The SMILES string of the molecule is [N-]=[N+]=NCC/C=C/CO. The smallest absolute Gasteiger partial charge is 0.0612 e. The van der Waals surface area contributed by atoms with Gasteiger partial charge in [-0.1, -0.05) is 17.3 Å². The lowest BCUT2D eigenvalue weighted by Crippen LogP contribution is -1.74. The van der Waals surface area contributed by atoms with Crippen molar-refractivity contribution in [3.63, 3.8) is 0 Å². The molecule has 50 valence electrons. The Morgan fingerprint density at radius 2 is 2.33 bits per heavy atom. The van der Waals surface area contributed by atoms with E-state index in [-0.39, 0.29) is 6.61 Å². The molecular formula is C5H9N3O. The second kappa shape index (κ2) is 7.01. The van der Waals surface area contributed by atoms with Crippen LogP contribution in [0.1, 0.15) is 6.42 Å². The molecule has 0 spiro atoms. The van der Waals surface area contributed by atoms with E-state index in [9.17, 15) is 0 Å². The van der Waals surface area contributed by atoms with Crippen LogP contribution in [-0.2, 0) is 0 Å². The molecule has 9 heavy (non-hydrogen) atoms. The van der Waals surface area contributed by atoms with Gasteiger partial charge >= 0.3 is 0 Å². The molecule has 0 aromatic rings. The summed E-state index contributed by atoms with van der Waals surface area (Å²) in [6.07, 6.45) is 4.09. The molecule has 0 atom stereocenters. The van der Waals surface area contributed by atoms with Crippen molar-refractivity contribution < 1.29 is 5.11 Å². The van der Waals surface area contributed by atoms with Gasteiger partial charge in [-0.25, -0.2) is 0 Å². The van der Waals surface area contributed by atoms with E-state index in [4.69, 9.17) is 10.6 Å². The van der Waals surface area contributed by atoms with Crippen LogP contribution in [0.25, 0.3) is 10.4 Å². The molecule has 0 bridgehead atoms. The molecule has 0 saturated heterocycles. The van der Waals surface area contributed by atoms with Gasteiger partial charge in [0, 0.05) is 11.5 Å². The first kappa shape index (κ1) is 8.01. The first-order valence-electron chi connectivity index (χ1n) is 2.68. The van der Waals surface area contributed by atoms with Gasteiger partial charge in [0.25, 0.3) is 0 Å². The van der Waals surface area contributed by atoms with E-state index in [1.165, 1.54) is 0 Å². The molecule has 0 fully saturated rings. The molecule has 0 aliphatic rings. The minimum atomic E-state index is 0.0519. The lowest BCUT2D eigenvalue weighted by molar-refractivity contribution is 0.342. The normalized spacial score (nSPS) is 9.44. The van der Waals surface area contributed by atoms with Crippen LogP contribution in [0.3, 0.4) is 0 Å². The van der Waals surface area contributed by atoms with Gasteiger partial charge in [0.2, 0.25) is 0 Å². The summed E-state index contributed by atoms with van der Waals surface area (Å²) in [5.41, 5.74) is 7.81. The molecule has 4 nitrogen and oxygen atoms in total. The van der Waals surface area contributed by atoms with Crippen LogP contribution >= 0.6 is 0 Å². The van der Waals surface area contributed by atoms with Gasteiger partial charge < -0.3 is 5.11 Å². The summed E-state index contributed by atoms with van der Waals surface area (Å²) in [5, 5.41) is 11.5. The molecule has 4 heteroatoms. The number of nitrogens with zero attached hydrogens (tertiary/aromatic N) is 3. The average Bonchev–Trinajstić information content (AvgIpc) is 1.89. The Morgan fingerprint density at radius 1 is 1.56 bits per heavy atom. The zero-order valence-corrected chi connectivity index (χ0v) is 5.06. The monoisotopic (exact) mass is 127 g/mol. The molecule has 0 aromatic heterocycles. The zero-order valence-electron chi connectivity index (χ0n) is 5.06. The van der Waals surface area contributed by atoms with Crippen molar-refractivity contribution in [3.05, 3.63) is 22.6 Å². The van der Waals surface area contributed by atoms with E-state index < -0.39 is 0 Å². The Labute approximate surface area is 53.4 Å². The number of azide groups is 1. The molecule has 0 amide bonds. The van der Waals surface area contributed by atoms with Gasteiger partial charge in [-0.2, -0.15) is 0 Å². The Hall–Kier alpha value is -0.990. The molecule has 1 N–H and O–H groups in total. The quantitative estimate of drug-likeness (QED) is 0.199. The maximum absolute atomic E-state index is 8.23. The maximum atomic E-state index is 8.23. The van der Waals surface area contributed by atoms with Crippen LogP contribution in [0.4, 0.5) is 0 Å². The summed E-state index contributed by atoms with van der Waals surface area (Å²) in [6, 6.07) is 0. The molecule has 0 unspecified atom stereocenters. The summed E-state index contributed by atoms with van der Waals surface area (Å²) < 4.78 is 0. The highest BCUT2D eigenvalue weighted by atomic mass is 16.2. The number of aliphatic hydroxyl groups excluding tert-OH is 1. The molecule has 0 aromatic carbocycles. The summed E-state index contributed by atoms with van der Waals surface area (Å²) >= 11 is 0.